The fourth-order valence-electron chi connectivity index (χ4n) is 2.27. The standard InChI is InChI=1S/C18H17BrN2OS2/c1-21(10-13-6-8-14(19)9-7-13)18(22)12-23-11-17-20-15-4-2-3-5-16(15)24-17/h2-9H,10-12H2,1H3. The first-order valence-corrected chi connectivity index (χ1v) is 10.3. The molecule has 1 amide bonds. The van der Waals surface area contributed by atoms with Gasteiger partial charge in [0.2, 0.25) is 5.91 Å². The number of carbonyl (C=O) groups excluding carboxylic acids is 1. The van der Waals surface area contributed by atoms with Gasteiger partial charge < -0.3 is 4.90 Å². The van der Waals surface area contributed by atoms with Crippen LogP contribution in [-0.4, -0.2) is 28.6 Å². The van der Waals surface area contributed by atoms with Crippen molar-refractivity contribution in [2.75, 3.05) is 12.8 Å². The normalized spacial score (nSPS) is 10.9. The maximum absolute atomic E-state index is 12.3. The van der Waals surface area contributed by atoms with Gasteiger partial charge in [-0.25, -0.2) is 4.98 Å². The predicted molar refractivity (Wildman–Crippen MR) is 106 cm³/mol. The summed E-state index contributed by atoms with van der Waals surface area (Å²) in [5.41, 5.74) is 2.17. The molecule has 0 bridgehead atoms. The molecule has 0 aliphatic heterocycles. The summed E-state index contributed by atoms with van der Waals surface area (Å²) in [4.78, 5) is 18.6. The van der Waals surface area contributed by atoms with Crippen molar-refractivity contribution in [1.29, 1.82) is 0 Å². The van der Waals surface area contributed by atoms with Gasteiger partial charge in [-0.3, -0.25) is 4.79 Å². The van der Waals surface area contributed by atoms with Crippen molar-refractivity contribution in [2.24, 2.45) is 0 Å². The van der Waals surface area contributed by atoms with E-state index in [0.29, 0.717) is 12.3 Å². The molecule has 2 aromatic carbocycles. The van der Waals surface area contributed by atoms with Crippen LogP contribution >= 0.6 is 39.0 Å². The molecule has 3 nitrogen and oxygen atoms in total. The highest BCUT2D eigenvalue weighted by Crippen LogP contribution is 2.24. The summed E-state index contributed by atoms with van der Waals surface area (Å²) in [5, 5.41) is 1.07. The molecule has 0 spiro atoms. The number of fused-ring (bicyclic) bond motifs is 1. The second-order valence-corrected chi connectivity index (χ2v) is 8.46. The second-order valence-electron chi connectivity index (χ2n) is 5.44. The van der Waals surface area contributed by atoms with E-state index in [0.717, 1.165) is 26.3 Å². The van der Waals surface area contributed by atoms with Gasteiger partial charge in [-0.1, -0.05) is 40.2 Å². The van der Waals surface area contributed by atoms with E-state index < -0.39 is 0 Å². The highest BCUT2D eigenvalue weighted by molar-refractivity contribution is 9.10. The van der Waals surface area contributed by atoms with Crippen molar-refractivity contribution in [3.63, 3.8) is 0 Å². The number of benzene rings is 2. The van der Waals surface area contributed by atoms with Gasteiger partial charge >= 0.3 is 0 Å². The van der Waals surface area contributed by atoms with Crippen LogP contribution in [0.25, 0.3) is 10.2 Å². The Hall–Kier alpha value is -1.37. The Balaban J connectivity index is 1.48. The molecule has 0 radical (unpaired) electrons. The lowest BCUT2D eigenvalue weighted by Crippen LogP contribution is -2.27. The van der Waals surface area contributed by atoms with Crippen molar-refractivity contribution in [3.8, 4) is 0 Å². The van der Waals surface area contributed by atoms with E-state index in [1.165, 1.54) is 4.70 Å². The van der Waals surface area contributed by atoms with Gasteiger partial charge in [0.1, 0.15) is 5.01 Å². The molecule has 0 aliphatic rings. The Bertz CT molecular complexity index is 799. The third-order valence-electron chi connectivity index (χ3n) is 3.55. The smallest absolute Gasteiger partial charge is 0.232 e. The molecular weight excluding hydrogens is 404 g/mol. The molecule has 124 valence electrons. The molecule has 6 heteroatoms. The lowest BCUT2D eigenvalue weighted by Gasteiger charge is -2.17. The zero-order chi connectivity index (χ0) is 16.9. The summed E-state index contributed by atoms with van der Waals surface area (Å²) in [6.45, 7) is 0.633. The molecular formula is C18H17BrN2OS2. The number of carbonyl (C=O) groups is 1. The number of aromatic nitrogens is 1. The zero-order valence-corrected chi connectivity index (χ0v) is 16.5. The summed E-state index contributed by atoms with van der Waals surface area (Å²) in [6, 6.07) is 16.2. The van der Waals surface area contributed by atoms with Crippen LogP contribution in [0, 0.1) is 0 Å². The lowest BCUT2D eigenvalue weighted by molar-refractivity contribution is -0.127. The number of halogens is 1. The molecule has 1 aromatic heterocycles. The first-order valence-electron chi connectivity index (χ1n) is 7.52. The van der Waals surface area contributed by atoms with E-state index in [-0.39, 0.29) is 5.91 Å². The third kappa shape index (κ3) is 4.59. The number of thioether (sulfide) groups is 1. The number of nitrogens with zero attached hydrogens (tertiary/aromatic N) is 2. The molecule has 0 saturated heterocycles. The van der Waals surface area contributed by atoms with Crippen molar-refractivity contribution in [1.82, 2.24) is 9.88 Å². The van der Waals surface area contributed by atoms with Crippen LogP contribution < -0.4 is 0 Å². The molecule has 0 aliphatic carbocycles. The van der Waals surface area contributed by atoms with Crippen LogP contribution in [0.1, 0.15) is 10.6 Å². The number of hydrogen-bond acceptors (Lipinski definition) is 4. The van der Waals surface area contributed by atoms with Crippen LogP contribution in [0.3, 0.4) is 0 Å². The van der Waals surface area contributed by atoms with Crippen LogP contribution in [-0.2, 0) is 17.1 Å². The fraction of sp³-hybridized carbons (Fsp3) is 0.222. The first kappa shape index (κ1) is 17.5. The van der Waals surface area contributed by atoms with E-state index in [9.17, 15) is 4.79 Å². The van der Waals surface area contributed by atoms with Crippen LogP contribution in [0.5, 0.6) is 0 Å². The molecule has 1 heterocycles. The predicted octanol–water partition coefficient (Wildman–Crippen LogP) is 4.95. The Morgan fingerprint density at radius 3 is 2.71 bits per heavy atom. The molecule has 3 rings (SSSR count). The maximum atomic E-state index is 12.3. The van der Waals surface area contributed by atoms with Gasteiger partial charge in [0, 0.05) is 23.8 Å². The summed E-state index contributed by atoms with van der Waals surface area (Å²) in [7, 11) is 1.85. The highest BCUT2D eigenvalue weighted by atomic mass is 79.9. The second kappa shape index (κ2) is 8.14. The van der Waals surface area contributed by atoms with Gasteiger partial charge in [-0.2, -0.15) is 0 Å². The van der Waals surface area contributed by atoms with E-state index in [2.05, 4.69) is 27.0 Å². The largest absolute Gasteiger partial charge is 0.341 e. The van der Waals surface area contributed by atoms with Crippen molar-refractivity contribution >= 4 is 55.2 Å². The number of para-hydroxylation sites is 1. The summed E-state index contributed by atoms with van der Waals surface area (Å²) < 4.78 is 2.25. The van der Waals surface area contributed by atoms with E-state index in [1.807, 2.05) is 49.5 Å². The van der Waals surface area contributed by atoms with Crippen LogP contribution in [0.4, 0.5) is 0 Å². The minimum atomic E-state index is 0.143. The quantitative estimate of drug-likeness (QED) is 0.565. The lowest BCUT2D eigenvalue weighted by atomic mass is 10.2. The topological polar surface area (TPSA) is 33.2 Å². The van der Waals surface area contributed by atoms with E-state index in [1.54, 1.807) is 28.0 Å². The average molecular weight is 421 g/mol. The molecule has 0 fully saturated rings. The minimum Gasteiger partial charge on any atom is -0.341 e. The van der Waals surface area contributed by atoms with Gasteiger partial charge in [0.15, 0.2) is 0 Å². The van der Waals surface area contributed by atoms with Gasteiger partial charge in [-0.15, -0.1) is 23.1 Å². The Labute approximate surface area is 158 Å². The Kier molecular flexibility index (Phi) is 5.92. The monoisotopic (exact) mass is 420 g/mol. The van der Waals surface area contributed by atoms with Crippen LogP contribution in [0.15, 0.2) is 53.0 Å². The number of amides is 1. The highest BCUT2D eigenvalue weighted by Gasteiger charge is 2.10. The summed E-state index contributed by atoms with van der Waals surface area (Å²) in [5.74, 6) is 1.39. The zero-order valence-electron chi connectivity index (χ0n) is 13.2. The molecule has 0 N–H and O–H groups in total. The van der Waals surface area contributed by atoms with E-state index in [4.69, 9.17) is 0 Å². The Morgan fingerprint density at radius 2 is 1.96 bits per heavy atom. The molecule has 0 unspecified atom stereocenters. The maximum Gasteiger partial charge on any atom is 0.232 e. The molecule has 24 heavy (non-hydrogen) atoms. The average Bonchev–Trinajstić information content (AvgIpc) is 2.99. The first-order chi connectivity index (χ1) is 11.6. The van der Waals surface area contributed by atoms with E-state index >= 15 is 0 Å². The SMILES string of the molecule is CN(Cc1ccc(Br)cc1)C(=O)CSCc1nc2ccccc2s1. The third-order valence-corrected chi connectivity index (χ3v) is 6.22. The summed E-state index contributed by atoms with van der Waals surface area (Å²) in [6.07, 6.45) is 0. The van der Waals surface area contributed by atoms with Crippen molar-refractivity contribution < 1.29 is 4.79 Å². The summed E-state index contributed by atoms with van der Waals surface area (Å²) >= 11 is 6.74. The Morgan fingerprint density at radius 1 is 1.21 bits per heavy atom. The number of thiazole rings is 1. The minimum absolute atomic E-state index is 0.143. The molecule has 3 aromatic rings. The van der Waals surface area contributed by atoms with Gasteiger partial charge in [-0.05, 0) is 29.8 Å². The molecule has 0 saturated carbocycles. The van der Waals surface area contributed by atoms with Crippen molar-refractivity contribution in [2.45, 2.75) is 12.3 Å². The number of rotatable bonds is 6. The molecule has 0 atom stereocenters. The van der Waals surface area contributed by atoms with Crippen LogP contribution in [0.2, 0.25) is 0 Å². The van der Waals surface area contributed by atoms with Crippen molar-refractivity contribution in [3.05, 3.63) is 63.6 Å². The van der Waals surface area contributed by atoms with Gasteiger partial charge in [0.25, 0.3) is 0 Å². The van der Waals surface area contributed by atoms with Gasteiger partial charge in [0.05, 0.1) is 16.0 Å². The fourth-order valence-corrected chi connectivity index (χ4v) is 4.52. The number of hydrogen-bond donors (Lipinski definition) is 0.